The van der Waals surface area contributed by atoms with Gasteiger partial charge in [0.15, 0.2) is 5.82 Å². The topological polar surface area (TPSA) is 137 Å². The summed E-state index contributed by atoms with van der Waals surface area (Å²) in [5.41, 5.74) is 5.23. The lowest BCUT2D eigenvalue weighted by Gasteiger charge is -2.10. The van der Waals surface area contributed by atoms with Crippen molar-refractivity contribution in [2.45, 2.75) is 24.7 Å². The zero-order chi connectivity index (χ0) is 17.7. The minimum atomic E-state index is -3.77. The van der Waals surface area contributed by atoms with Crippen molar-refractivity contribution in [1.82, 2.24) is 14.9 Å². The standard InChI is InChI=1S/C14H18N4O5S/c1-9-17-13(23-18-9)4-3-7-16-24(20,21)10-5-6-12(22-2)11(8-10)14(15)19/h5-6,8,16H,3-4,7H2,1-2H3,(H2,15,19). The molecular weight excluding hydrogens is 336 g/mol. The van der Waals surface area contributed by atoms with Crippen LogP contribution in [0.2, 0.25) is 0 Å². The van der Waals surface area contributed by atoms with Crippen molar-refractivity contribution in [3.05, 3.63) is 35.5 Å². The van der Waals surface area contributed by atoms with Gasteiger partial charge in [-0.3, -0.25) is 4.79 Å². The molecule has 0 aliphatic heterocycles. The second-order valence-corrected chi connectivity index (χ2v) is 6.73. The lowest BCUT2D eigenvalue weighted by molar-refractivity contribution is 0.0997. The van der Waals surface area contributed by atoms with Crippen molar-refractivity contribution in [1.29, 1.82) is 0 Å². The second kappa shape index (κ2) is 7.41. The molecule has 10 heteroatoms. The first-order valence-corrected chi connectivity index (χ1v) is 8.58. The van der Waals surface area contributed by atoms with E-state index < -0.39 is 15.9 Å². The van der Waals surface area contributed by atoms with Crippen molar-refractivity contribution in [3.8, 4) is 5.75 Å². The summed E-state index contributed by atoms with van der Waals surface area (Å²) in [5, 5.41) is 3.65. The van der Waals surface area contributed by atoms with Gasteiger partial charge in [-0.05, 0) is 31.5 Å². The molecule has 2 rings (SSSR count). The van der Waals surface area contributed by atoms with Crippen LogP contribution in [0, 0.1) is 6.92 Å². The molecule has 0 radical (unpaired) electrons. The maximum Gasteiger partial charge on any atom is 0.252 e. The molecule has 9 nitrogen and oxygen atoms in total. The summed E-state index contributed by atoms with van der Waals surface area (Å²) in [7, 11) is -2.40. The van der Waals surface area contributed by atoms with Gasteiger partial charge in [-0.2, -0.15) is 4.98 Å². The summed E-state index contributed by atoms with van der Waals surface area (Å²) >= 11 is 0. The van der Waals surface area contributed by atoms with Gasteiger partial charge in [0.1, 0.15) is 5.75 Å². The molecule has 1 aromatic carbocycles. The fourth-order valence-electron chi connectivity index (χ4n) is 2.02. The number of nitrogens with two attached hydrogens (primary N) is 1. The van der Waals surface area contributed by atoms with E-state index in [9.17, 15) is 13.2 Å². The first kappa shape index (κ1) is 17.9. The van der Waals surface area contributed by atoms with Crippen LogP contribution in [0.5, 0.6) is 5.75 Å². The number of aromatic nitrogens is 2. The molecule has 0 fully saturated rings. The number of rotatable bonds is 8. The summed E-state index contributed by atoms with van der Waals surface area (Å²) in [6, 6.07) is 3.91. The zero-order valence-corrected chi connectivity index (χ0v) is 14.1. The fraction of sp³-hybridized carbons (Fsp3) is 0.357. The lowest BCUT2D eigenvalue weighted by atomic mass is 10.2. The van der Waals surface area contributed by atoms with Gasteiger partial charge < -0.3 is 15.0 Å². The number of benzene rings is 1. The Hall–Kier alpha value is -2.46. The van der Waals surface area contributed by atoms with Crippen LogP contribution >= 0.6 is 0 Å². The molecule has 0 saturated heterocycles. The quantitative estimate of drug-likeness (QED) is 0.654. The van der Waals surface area contributed by atoms with Gasteiger partial charge >= 0.3 is 0 Å². The number of amides is 1. The summed E-state index contributed by atoms with van der Waals surface area (Å²) in [6.07, 6.45) is 0.943. The summed E-state index contributed by atoms with van der Waals surface area (Å²) in [4.78, 5) is 15.4. The number of ether oxygens (including phenoxy) is 1. The Morgan fingerprint density at radius 3 is 2.75 bits per heavy atom. The van der Waals surface area contributed by atoms with Crippen LogP contribution < -0.4 is 15.2 Å². The van der Waals surface area contributed by atoms with Crippen LogP contribution in [0.4, 0.5) is 0 Å². The minimum absolute atomic E-state index is 0.00158. The molecule has 2 aromatic rings. The average molecular weight is 354 g/mol. The smallest absolute Gasteiger partial charge is 0.252 e. The SMILES string of the molecule is COc1ccc(S(=O)(=O)NCCCc2nc(C)no2)cc1C(N)=O. The van der Waals surface area contributed by atoms with E-state index in [4.69, 9.17) is 15.0 Å². The maximum absolute atomic E-state index is 12.3. The number of nitrogens with zero attached hydrogens (tertiary/aromatic N) is 2. The molecule has 0 atom stereocenters. The Labute approximate surface area is 139 Å². The minimum Gasteiger partial charge on any atom is -0.496 e. The Morgan fingerprint density at radius 1 is 1.42 bits per heavy atom. The third kappa shape index (κ3) is 4.30. The van der Waals surface area contributed by atoms with Gasteiger partial charge in [0.05, 0.1) is 17.6 Å². The third-order valence-corrected chi connectivity index (χ3v) is 4.63. The molecule has 0 aliphatic rings. The Balaban J connectivity index is 2.01. The monoisotopic (exact) mass is 354 g/mol. The molecule has 1 heterocycles. The van der Waals surface area contributed by atoms with Crippen LogP contribution in [0.15, 0.2) is 27.6 Å². The number of hydrogen-bond donors (Lipinski definition) is 2. The third-order valence-electron chi connectivity index (χ3n) is 3.18. The zero-order valence-electron chi connectivity index (χ0n) is 13.3. The summed E-state index contributed by atoms with van der Waals surface area (Å²) < 4.78 is 36.9. The molecule has 24 heavy (non-hydrogen) atoms. The number of carbonyl (C=O) groups excluding carboxylic acids is 1. The van der Waals surface area contributed by atoms with Crippen LogP contribution in [-0.2, 0) is 16.4 Å². The number of hydrogen-bond acceptors (Lipinski definition) is 7. The molecule has 1 amide bonds. The van der Waals surface area contributed by atoms with E-state index in [2.05, 4.69) is 14.9 Å². The largest absolute Gasteiger partial charge is 0.496 e. The molecule has 0 saturated carbocycles. The molecule has 0 spiro atoms. The van der Waals surface area contributed by atoms with E-state index in [1.54, 1.807) is 6.92 Å². The normalized spacial score (nSPS) is 11.4. The van der Waals surface area contributed by atoms with Crippen molar-refractivity contribution >= 4 is 15.9 Å². The predicted molar refractivity (Wildman–Crippen MR) is 84.1 cm³/mol. The van der Waals surface area contributed by atoms with E-state index in [0.29, 0.717) is 24.6 Å². The Bertz CT molecular complexity index is 831. The number of nitrogens with one attached hydrogen (secondary N) is 1. The van der Waals surface area contributed by atoms with Crippen molar-refractivity contribution in [2.24, 2.45) is 5.73 Å². The molecule has 0 unspecified atom stereocenters. The van der Waals surface area contributed by atoms with E-state index in [-0.39, 0.29) is 22.8 Å². The number of primary amides is 1. The first-order chi connectivity index (χ1) is 11.3. The van der Waals surface area contributed by atoms with E-state index in [0.717, 1.165) is 0 Å². The first-order valence-electron chi connectivity index (χ1n) is 7.10. The average Bonchev–Trinajstić information content (AvgIpc) is 2.96. The molecule has 130 valence electrons. The van der Waals surface area contributed by atoms with E-state index in [1.807, 2.05) is 0 Å². The highest BCUT2D eigenvalue weighted by Crippen LogP contribution is 2.21. The molecule has 0 bridgehead atoms. The Morgan fingerprint density at radius 2 is 2.17 bits per heavy atom. The maximum atomic E-state index is 12.3. The second-order valence-electron chi connectivity index (χ2n) is 4.96. The lowest BCUT2D eigenvalue weighted by Crippen LogP contribution is -2.25. The highest BCUT2D eigenvalue weighted by Gasteiger charge is 2.18. The van der Waals surface area contributed by atoms with Gasteiger partial charge in [-0.1, -0.05) is 5.16 Å². The van der Waals surface area contributed by atoms with Gasteiger partial charge in [0.2, 0.25) is 15.9 Å². The Kier molecular flexibility index (Phi) is 5.52. The predicted octanol–water partition coefficient (Wildman–Crippen LogP) is 0.397. The van der Waals surface area contributed by atoms with Gasteiger partial charge in [0.25, 0.3) is 5.91 Å². The summed E-state index contributed by atoms with van der Waals surface area (Å²) in [6.45, 7) is 1.89. The molecule has 1 aromatic heterocycles. The van der Waals surface area contributed by atoms with E-state index in [1.165, 1.54) is 25.3 Å². The van der Waals surface area contributed by atoms with Crippen molar-refractivity contribution < 1.29 is 22.5 Å². The van der Waals surface area contributed by atoms with Crippen LogP contribution in [0.1, 0.15) is 28.5 Å². The number of methoxy groups -OCH3 is 1. The highest BCUT2D eigenvalue weighted by molar-refractivity contribution is 7.89. The molecule has 0 aliphatic carbocycles. The van der Waals surface area contributed by atoms with Crippen molar-refractivity contribution in [3.63, 3.8) is 0 Å². The fourth-order valence-corrected chi connectivity index (χ4v) is 3.12. The van der Waals surface area contributed by atoms with Crippen LogP contribution in [0.3, 0.4) is 0 Å². The van der Waals surface area contributed by atoms with E-state index >= 15 is 0 Å². The molecular formula is C14H18N4O5S. The van der Waals surface area contributed by atoms with Crippen molar-refractivity contribution in [2.75, 3.05) is 13.7 Å². The van der Waals surface area contributed by atoms with Gasteiger partial charge in [-0.15, -0.1) is 0 Å². The van der Waals surface area contributed by atoms with Crippen LogP contribution in [0.25, 0.3) is 0 Å². The van der Waals surface area contributed by atoms with Gasteiger partial charge in [0, 0.05) is 13.0 Å². The highest BCUT2D eigenvalue weighted by atomic mass is 32.2. The number of carbonyl (C=O) groups is 1. The summed E-state index contributed by atoms with van der Waals surface area (Å²) in [5.74, 6) is 0.429. The van der Waals surface area contributed by atoms with Crippen LogP contribution in [-0.4, -0.2) is 38.1 Å². The molecule has 3 N–H and O–H groups in total. The number of aryl methyl sites for hydroxylation is 2. The number of sulfonamides is 1. The van der Waals surface area contributed by atoms with Gasteiger partial charge in [-0.25, -0.2) is 13.1 Å².